The lowest BCUT2D eigenvalue weighted by Crippen LogP contribution is -2.42. The molecule has 20 rings (SSSR count). The highest BCUT2D eigenvalue weighted by atomic mass is 32.2. The number of carbonyl (C=O) groups excluding carboxylic acids is 1. The van der Waals surface area contributed by atoms with E-state index in [1.54, 1.807) is 4.90 Å². The van der Waals surface area contributed by atoms with Crippen LogP contribution in [-0.4, -0.2) is 277 Å². The van der Waals surface area contributed by atoms with E-state index in [9.17, 15) is 4.79 Å². The summed E-state index contributed by atoms with van der Waals surface area (Å²) in [5, 5.41) is 32.5. The molecular formula is C125H295N11O11S2. The molecule has 1 aliphatic carbocycles. The first-order valence-electron chi connectivity index (χ1n) is 56.8. The Kier molecular flexibility index (Phi) is 276. The summed E-state index contributed by atoms with van der Waals surface area (Å²) in [6, 6.07) is 16.3. The zero-order chi connectivity index (χ0) is 103. The van der Waals surface area contributed by atoms with Crippen molar-refractivity contribution in [2.45, 2.75) is 472 Å². The molecule has 6 unspecified atom stereocenters. The molecule has 0 aromatic heterocycles. The Labute approximate surface area is 954 Å². The molecule has 24 heteroatoms. The van der Waals surface area contributed by atoms with Crippen LogP contribution in [0.15, 0.2) is 48.5 Å². The number of nitrogens with one attached hydrogen (secondary N) is 10. The van der Waals surface area contributed by atoms with Crippen LogP contribution in [0.25, 0.3) is 0 Å². The van der Waals surface area contributed by atoms with Gasteiger partial charge in [-0.2, -0.15) is 11.8 Å². The van der Waals surface area contributed by atoms with E-state index in [-0.39, 0.29) is 104 Å². The molecule has 6 atom stereocenters. The molecule has 18 aliphatic rings. The third-order valence-corrected chi connectivity index (χ3v) is 21.9. The fourth-order valence-corrected chi connectivity index (χ4v) is 15.1. The van der Waals surface area contributed by atoms with Gasteiger partial charge in [-0.15, -0.1) is 11.8 Å². The Bertz CT molecular complexity index is 1860. The van der Waals surface area contributed by atoms with E-state index < -0.39 is 0 Å². The maximum atomic E-state index is 10.1. The number of benzene rings is 2. The van der Waals surface area contributed by atoms with E-state index >= 15 is 0 Å². The molecule has 17 heterocycles. The van der Waals surface area contributed by atoms with Gasteiger partial charge in [0.15, 0.2) is 11.5 Å². The first-order chi connectivity index (χ1) is 67.3. The molecule has 16 fully saturated rings. The Morgan fingerprint density at radius 2 is 0.591 bits per heavy atom. The molecule has 0 radical (unpaired) electrons. The van der Waals surface area contributed by atoms with Crippen molar-refractivity contribution in [3.05, 3.63) is 59.7 Å². The quantitative estimate of drug-likeness (QED) is 0.120. The second-order valence-electron chi connectivity index (χ2n) is 28.7. The predicted molar refractivity (Wildman–Crippen MR) is 697 cm³/mol. The smallest absolute Gasteiger partial charge is 0.209 e. The Balaban J connectivity index is -0.0000000500. The van der Waals surface area contributed by atoms with Crippen LogP contribution in [0, 0.1) is 23.7 Å². The van der Waals surface area contributed by atoms with Crippen molar-refractivity contribution in [3.63, 3.8) is 0 Å². The maximum Gasteiger partial charge on any atom is 0.209 e. The van der Waals surface area contributed by atoms with Gasteiger partial charge in [0.05, 0.1) is 57.8 Å². The van der Waals surface area contributed by atoms with Gasteiger partial charge in [0.25, 0.3) is 0 Å². The van der Waals surface area contributed by atoms with Gasteiger partial charge < -0.3 is 105 Å². The van der Waals surface area contributed by atoms with Crippen molar-refractivity contribution in [2.75, 3.05) is 253 Å². The summed E-state index contributed by atoms with van der Waals surface area (Å²) >= 11 is 3.91. The Morgan fingerprint density at radius 3 is 0.839 bits per heavy atom. The number of nitrogens with zero attached hydrogens (tertiary/aromatic N) is 1. The van der Waals surface area contributed by atoms with Crippen molar-refractivity contribution in [3.8, 4) is 11.5 Å². The molecule has 1 amide bonds. The number of ether oxygens (including phenoxy) is 10. The number of piperidine rings is 2. The summed E-state index contributed by atoms with van der Waals surface area (Å²) in [6.07, 6.45) is 31.5. The van der Waals surface area contributed by atoms with Gasteiger partial charge >= 0.3 is 0 Å². The molecule has 2 aromatic carbocycles. The minimum atomic E-state index is 0. The standard InChI is InChI=1S/C9H11N.C8H12O2.C8H8O2.C6H13N.C6H12O.C5H10N2O.C5H9N.C5H11N.C5H10O.C4H10N2.C4H9NO.C4H9NS.C4H9N.C4H8O2.C4H8OS.15C2H6.14CH4/c1-2-4-9-7-10-6-5-8(9)3-1;1-2-8-6-4-9-3-5(6)7(1)10-8;1-2-4-8-7(3-1)9-5-6-10-8;2*1-2-4-6-7-5-3-1;8-5-7-3-1-6-2-4-7;1-4-2-6-3-5(1)4;2*1-2-4-6-5-3-1;1-2-6-4-3-5-1;2*1-3-6-4-2-5-1;1-2-4-5-3-1;2*1-2-5-4-6-3-1;15*1-2;;;;;;;;;;;;;;/h1-4,10H,5-7H2;5-8H,1-4H2;1-4H,5-6H2;7H,1-6H2;1-6H2;5-6H,1-4H2;4-6H,1-3H2;6H,1-5H2;1-5H2;5-6H,1-4H2;2*5H,1-4H2;5H,1-4H2;2*1-4H2;15*1-2H3;14*1H4. The van der Waals surface area contributed by atoms with Gasteiger partial charge in [0, 0.05) is 141 Å². The number of carbonyl (C=O) groups is 1. The van der Waals surface area contributed by atoms with Crippen LogP contribution in [0.1, 0.15) is 458 Å². The minimum absolute atomic E-state index is 0. The fourth-order valence-electron chi connectivity index (χ4n) is 13.6. The molecule has 2 aromatic rings. The molecule has 10 N–H and O–H groups in total. The summed E-state index contributed by atoms with van der Waals surface area (Å²) in [6.45, 7) is 97.2. The number of fused-ring (bicyclic) bond motifs is 8. The van der Waals surface area contributed by atoms with Crippen molar-refractivity contribution in [1.82, 2.24) is 58.1 Å². The number of amides is 1. The topological polar surface area (TPSA) is 233 Å². The van der Waals surface area contributed by atoms with Crippen LogP contribution in [0.5, 0.6) is 11.5 Å². The predicted octanol–water partition coefficient (Wildman–Crippen LogP) is 32.8. The van der Waals surface area contributed by atoms with Gasteiger partial charge in [-0.3, -0.25) is 4.79 Å². The zero-order valence-corrected chi connectivity index (χ0v) is 96.9. The number of para-hydroxylation sites is 2. The van der Waals surface area contributed by atoms with Crippen molar-refractivity contribution in [2.24, 2.45) is 23.7 Å². The van der Waals surface area contributed by atoms with E-state index in [1.165, 1.54) is 229 Å². The molecule has 17 aliphatic heterocycles. The SMILES string of the molecule is C.C.C.C.C.C.C.C.C.C.C.C.C.C.C1CC2OC1C1COCC21.C1CCCNCC1.C1CCCOCC1.C1CCNC1.C1CCNCC1.C1CCOCC1.C1CNCCN1.C1COCCN1.C1COCOC1.C1COCSC1.C1CSCCN1.C1NCC2CC12.CC.CC.CC.CC.CC.CC.CC.CC.CC.CC.CC.CC.CC.CC.CC.O=CN1CCNCC1.c1ccc2c(c1)CCNC2.c1ccc2c(c1)OCCO2. The van der Waals surface area contributed by atoms with E-state index in [2.05, 4.69) is 77.4 Å². The summed E-state index contributed by atoms with van der Waals surface area (Å²) in [5.74, 6) is 10.3. The third-order valence-electron chi connectivity index (χ3n) is 20.0. The van der Waals surface area contributed by atoms with Crippen molar-refractivity contribution >= 4 is 29.9 Å². The average Bonchev–Trinajstić information content (AvgIpc) is 1.63. The largest absolute Gasteiger partial charge is 0.486 e. The minimum Gasteiger partial charge on any atom is -0.486 e. The Hall–Kier alpha value is -2.51. The van der Waals surface area contributed by atoms with Crippen molar-refractivity contribution < 1.29 is 52.2 Å². The third kappa shape index (κ3) is 145. The number of hydrogen-bond acceptors (Lipinski definition) is 23. The summed E-state index contributed by atoms with van der Waals surface area (Å²) in [5.41, 5.74) is 2.98. The molecule has 1 saturated carbocycles. The van der Waals surface area contributed by atoms with E-state index in [4.69, 9.17) is 47.4 Å². The fraction of sp³-hybridized carbons (Fsp3) is 0.896. The van der Waals surface area contributed by atoms with Gasteiger partial charge in [0.1, 0.15) is 20.0 Å². The first-order valence-corrected chi connectivity index (χ1v) is 59.1. The van der Waals surface area contributed by atoms with Crippen LogP contribution in [-0.2, 0) is 55.7 Å². The van der Waals surface area contributed by atoms with Gasteiger partial charge in [0.2, 0.25) is 6.41 Å². The van der Waals surface area contributed by atoms with E-state index in [1.807, 2.05) is 256 Å². The van der Waals surface area contributed by atoms with Crippen LogP contribution in [0.4, 0.5) is 0 Å². The molecule has 15 saturated heterocycles. The molecular weight excluding hydrogens is 1900 g/mol. The second kappa shape index (κ2) is 199. The Morgan fingerprint density at radius 1 is 0.275 bits per heavy atom. The molecule has 22 nitrogen and oxygen atoms in total. The lowest BCUT2D eigenvalue weighted by Gasteiger charge is -2.22. The van der Waals surface area contributed by atoms with Gasteiger partial charge in [-0.25, -0.2) is 0 Å². The second-order valence-corrected chi connectivity index (χ2v) is 31.0. The molecule has 928 valence electrons. The highest BCUT2D eigenvalue weighted by Crippen LogP contribution is 2.46. The molecule has 0 spiro atoms. The lowest BCUT2D eigenvalue weighted by molar-refractivity contribution is -0.118. The summed E-state index contributed by atoms with van der Waals surface area (Å²) in [4.78, 5) is 11.8. The van der Waals surface area contributed by atoms with Crippen LogP contribution >= 0.6 is 23.5 Å². The number of morpholine rings is 1. The van der Waals surface area contributed by atoms with Gasteiger partial charge in [-0.1, -0.05) is 380 Å². The summed E-state index contributed by atoms with van der Waals surface area (Å²) < 4.78 is 51.8. The highest BCUT2D eigenvalue weighted by molar-refractivity contribution is 7.99. The summed E-state index contributed by atoms with van der Waals surface area (Å²) in [7, 11) is 0. The van der Waals surface area contributed by atoms with E-state index in [0.717, 1.165) is 205 Å². The average molecular weight is 2190 g/mol. The van der Waals surface area contributed by atoms with Crippen LogP contribution < -0.4 is 62.6 Å². The van der Waals surface area contributed by atoms with Crippen molar-refractivity contribution in [1.29, 1.82) is 0 Å². The first kappa shape index (κ1) is 207. The monoisotopic (exact) mass is 2190 g/mol. The number of rotatable bonds is 1. The number of thioether (sulfide) groups is 2. The zero-order valence-electron chi connectivity index (χ0n) is 95.3. The van der Waals surface area contributed by atoms with E-state index in [0.29, 0.717) is 32.2 Å². The lowest BCUT2D eigenvalue weighted by atomic mass is 9.82. The van der Waals surface area contributed by atoms with Crippen LogP contribution in [0.3, 0.4) is 0 Å². The number of piperazine rings is 2. The van der Waals surface area contributed by atoms with Crippen LogP contribution in [0.2, 0.25) is 0 Å². The molecule has 149 heavy (non-hydrogen) atoms. The van der Waals surface area contributed by atoms with Gasteiger partial charge in [-0.05, 0) is 209 Å². The molecule has 2 bridgehead atoms. The number of hydrogen-bond donors (Lipinski definition) is 10. The highest BCUT2D eigenvalue weighted by Gasteiger charge is 2.51. The maximum absolute atomic E-state index is 10.1. The normalized spacial score (nSPS) is 19.6.